The number of allylic oxidation sites excluding steroid dienone is 8. The van der Waals surface area contributed by atoms with E-state index >= 15 is 0 Å². The van der Waals surface area contributed by atoms with Gasteiger partial charge in [0.25, 0.3) is 0 Å². The summed E-state index contributed by atoms with van der Waals surface area (Å²) in [6.45, 7) is 83.6. The molecular weight excluding hydrogens is 1180 g/mol. The molecule has 8 heteroatoms. The molecule has 0 aromatic rings. The van der Waals surface area contributed by atoms with Crippen LogP contribution in [-0.4, -0.2) is 89.7 Å². The van der Waals surface area contributed by atoms with Crippen LogP contribution in [0.15, 0.2) is 97.2 Å². The average molecular weight is 1350 g/mol. The summed E-state index contributed by atoms with van der Waals surface area (Å²) in [7, 11) is 0. The zero-order valence-corrected chi connectivity index (χ0v) is 67.0. The lowest BCUT2D eigenvalue weighted by atomic mass is 9.70. The maximum absolute atomic E-state index is 9.82. The third-order valence-corrected chi connectivity index (χ3v) is 26.2. The largest absolute Gasteiger partial charge is 0.393 e. The van der Waals surface area contributed by atoms with E-state index in [4.69, 9.17) is 0 Å². The first-order chi connectivity index (χ1) is 44.2. The van der Waals surface area contributed by atoms with Crippen LogP contribution in [0.2, 0.25) is 0 Å². The first kappa shape index (κ1) is 91.6. The van der Waals surface area contributed by atoms with Gasteiger partial charge < -0.3 is 40.9 Å². The predicted octanol–water partition coefficient (Wildman–Crippen LogP) is 20.8. The molecule has 8 saturated carbocycles. The van der Waals surface area contributed by atoms with E-state index in [0.29, 0.717) is 142 Å². The van der Waals surface area contributed by atoms with Gasteiger partial charge in [-0.3, -0.25) is 0 Å². The Bertz CT molecular complexity index is 2170. The minimum Gasteiger partial charge on any atom is -0.393 e. The second-order valence-corrected chi connectivity index (χ2v) is 35.3. The van der Waals surface area contributed by atoms with Crippen LogP contribution in [0.5, 0.6) is 0 Å². The molecule has 0 spiro atoms. The first-order valence-electron chi connectivity index (χ1n) is 38.9. The van der Waals surface area contributed by atoms with Crippen molar-refractivity contribution in [2.45, 2.75) is 318 Å². The number of rotatable bonds is 8. The van der Waals surface area contributed by atoms with Crippen molar-refractivity contribution in [3.8, 4) is 0 Å². The molecule has 28 unspecified atom stereocenters. The van der Waals surface area contributed by atoms with E-state index in [-0.39, 0.29) is 48.8 Å². The third-order valence-electron chi connectivity index (χ3n) is 26.2. The molecule has 0 aliphatic heterocycles. The van der Waals surface area contributed by atoms with Crippen molar-refractivity contribution in [2.24, 2.45) is 142 Å². The van der Waals surface area contributed by atoms with Gasteiger partial charge in [-0.15, -0.1) is 0 Å². The summed E-state index contributed by atoms with van der Waals surface area (Å²) in [5, 5.41) is 77.3. The van der Waals surface area contributed by atoms with Gasteiger partial charge in [-0.1, -0.05) is 208 Å². The van der Waals surface area contributed by atoms with Crippen molar-refractivity contribution in [2.75, 3.05) is 0 Å². The van der Waals surface area contributed by atoms with Gasteiger partial charge in [0.1, 0.15) is 0 Å². The molecule has 8 nitrogen and oxygen atoms in total. The molecule has 0 bridgehead atoms. The maximum atomic E-state index is 9.82. The van der Waals surface area contributed by atoms with E-state index in [2.05, 4.69) is 219 Å². The molecule has 8 fully saturated rings. The second-order valence-electron chi connectivity index (χ2n) is 35.3. The fourth-order valence-corrected chi connectivity index (χ4v) is 18.5. The smallest absolute Gasteiger partial charge is 0.0596 e. The van der Waals surface area contributed by atoms with Crippen LogP contribution in [0.25, 0.3) is 0 Å². The van der Waals surface area contributed by atoms with Crippen LogP contribution >= 0.6 is 0 Å². The zero-order chi connectivity index (χ0) is 74.4. The Morgan fingerprint density at radius 2 is 0.594 bits per heavy atom. The maximum Gasteiger partial charge on any atom is 0.0596 e. The van der Waals surface area contributed by atoms with Crippen molar-refractivity contribution in [3.05, 3.63) is 97.2 Å². The van der Waals surface area contributed by atoms with Gasteiger partial charge in [-0.25, -0.2) is 0 Å². The molecule has 8 N–H and O–H groups in total. The molecule has 0 aromatic heterocycles. The minimum atomic E-state index is -0.125. The first-order valence-corrected chi connectivity index (χ1v) is 38.9. The fourth-order valence-electron chi connectivity index (χ4n) is 18.5. The summed E-state index contributed by atoms with van der Waals surface area (Å²) in [5.41, 5.74) is 10.0. The molecule has 0 radical (unpaired) electrons. The lowest BCUT2D eigenvalue weighted by Crippen LogP contribution is -2.36. The predicted molar refractivity (Wildman–Crippen MR) is 415 cm³/mol. The Kier molecular flexibility index (Phi) is 41.5. The van der Waals surface area contributed by atoms with Gasteiger partial charge in [-0.05, 0) is 300 Å². The van der Waals surface area contributed by atoms with E-state index in [1.165, 1.54) is 57.4 Å². The molecule has 0 aromatic carbocycles. The van der Waals surface area contributed by atoms with Crippen molar-refractivity contribution >= 4 is 0 Å². The van der Waals surface area contributed by atoms with Crippen molar-refractivity contribution in [1.29, 1.82) is 0 Å². The highest BCUT2D eigenvalue weighted by Crippen LogP contribution is 2.44. The van der Waals surface area contributed by atoms with Crippen molar-refractivity contribution in [3.63, 3.8) is 0 Å². The molecule has 8 aliphatic rings. The lowest BCUT2D eigenvalue weighted by Gasteiger charge is -2.37. The molecule has 560 valence electrons. The van der Waals surface area contributed by atoms with Crippen LogP contribution < -0.4 is 0 Å². The van der Waals surface area contributed by atoms with Gasteiger partial charge >= 0.3 is 0 Å². The third kappa shape index (κ3) is 29.5. The lowest BCUT2D eigenvalue weighted by molar-refractivity contribution is 0.0106. The monoisotopic (exact) mass is 1350 g/mol. The van der Waals surface area contributed by atoms with Crippen LogP contribution in [0, 0.1) is 142 Å². The molecule has 8 aliphatic carbocycles. The van der Waals surface area contributed by atoms with Crippen LogP contribution in [0.4, 0.5) is 0 Å². The number of aliphatic hydroxyl groups excluding tert-OH is 8. The summed E-state index contributed by atoms with van der Waals surface area (Å²) >= 11 is 0. The van der Waals surface area contributed by atoms with Crippen LogP contribution in [0.1, 0.15) is 269 Å². The highest BCUT2D eigenvalue weighted by molar-refractivity contribution is 5.08. The van der Waals surface area contributed by atoms with Crippen molar-refractivity contribution in [1.82, 2.24) is 0 Å². The Morgan fingerprint density at radius 3 is 1.04 bits per heavy atom. The number of hydrogen-bond acceptors (Lipinski definition) is 8. The quantitative estimate of drug-likeness (QED) is 0.111. The van der Waals surface area contributed by atoms with E-state index in [0.717, 1.165) is 89.9 Å². The van der Waals surface area contributed by atoms with Gasteiger partial charge in [0, 0.05) is 0 Å². The van der Waals surface area contributed by atoms with Crippen LogP contribution in [0.3, 0.4) is 0 Å². The van der Waals surface area contributed by atoms with E-state index in [1.54, 1.807) is 0 Å². The zero-order valence-electron chi connectivity index (χ0n) is 67.0. The summed E-state index contributed by atoms with van der Waals surface area (Å²) in [4.78, 5) is 0. The Hall–Kier alpha value is -2.40. The fraction of sp³-hybridized carbons (Fsp3) is 0.818. The average Bonchev–Trinajstić information content (AvgIpc) is 1.22. The number of hydrogen-bond donors (Lipinski definition) is 8. The van der Waals surface area contributed by atoms with E-state index in [9.17, 15) is 40.9 Å². The Balaban J connectivity index is 0.000000549. The van der Waals surface area contributed by atoms with E-state index < -0.39 is 0 Å². The summed E-state index contributed by atoms with van der Waals surface area (Å²) in [6.07, 6.45) is 15.8. The van der Waals surface area contributed by atoms with Crippen molar-refractivity contribution < 1.29 is 40.9 Å². The van der Waals surface area contributed by atoms with Gasteiger partial charge in [0.2, 0.25) is 0 Å². The van der Waals surface area contributed by atoms with Gasteiger partial charge in [0.15, 0.2) is 0 Å². The second kappa shape index (κ2) is 43.5. The highest BCUT2D eigenvalue weighted by Gasteiger charge is 2.38. The van der Waals surface area contributed by atoms with E-state index in [1.807, 2.05) is 0 Å². The molecule has 96 heavy (non-hydrogen) atoms. The van der Waals surface area contributed by atoms with Crippen LogP contribution in [-0.2, 0) is 0 Å². The normalized spacial score (nSPS) is 42.7. The molecular formula is C88H160O8. The summed E-state index contributed by atoms with van der Waals surface area (Å²) in [6, 6.07) is 0. The topological polar surface area (TPSA) is 162 Å². The van der Waals surface area contributed by atoms with Gasteiger partial charge in [0.05, 0.1) is 48.8 Å². The molecule has 0 heterocycles. The standard InChI is InChI=1S/8C11H20O/c1-7(2)10-5-9(4)11(12)6-8(10)3;1-7(2)11-6-10(12)5-8(3)9(11)4;1-7(2)10-5-8(3)9(4)11(12)6-10;1-7(2)11-8(3)5-10(12)6-9(11)4;1-7(2)10-5-8(3)11(12)9(4)6-10;1-7(2)10-6-11(12)9(4)5-8(10)3;1-7(2)10-5-6-11(12)9(4)8(10)3;1-7(2)10-6-5-8(3)11(12)9(10)4/h8*8-12H,1,5-6H2,2-4H3. The number of aliphatic hydroxyl groups is 8. The summed E-state index contributed by atoms with van der Waals surface area (Å²) < 4.78 is 0. The SMILES string of the molecule is C=C(C)C1C(C)CC(O)CC1C.C=C(C)C1CC(C)C(C)C(O)C1.C=C(C)C1CC(C)C(O)C(C)C1.C=C(C)C1CC(C)C(O)CC1C.C=C(C)C1CC(O)C(C)CC1C.C=C(C)C1CC(O)CC(C)C1C.C=C(C)C1CCC(C)C(O)C1C.C=C(C)C1CCC(O)C(C)C1C. The molecule has 0 saturated heterocycles. The molecule has 0 amide bonds. The molecule has 8 rings (SSSR count). The summed E-state index contributed by atoms with van der Waals surface area (Å²) in [5.74, 6) is 13.3. The molecule has 28 atom stereocenters. The Labute approximate surface area is 594 Å². The van der Waals surface area contributed by atoms with Gasteiger partial charge in [-0.2, -0.15) is 0 Å². The highest BCUT2D eigenvalue weighted by atomic mass is 16.3. The Morgan fingerprint density at radius 1 is 0.219 bits per heavy atom. The minimum absolute atomic E-state index is 0.0781.